The minimum Gasteiger partial charge on any atom is -0.475 e. The summed E-state index contributed by atoms with van der Waals surface area (Å²) < 4.78 is 23.4. The predicted molar refractivity (Wildman–Crippen MR) is 89.2 cm³/mol. The highest BCUT2D eigenvalue weighted by molar-refractivity contribution is 5.95. The zero-order valence-corrected chi connectivity index (χ0v) is 13.7. The van der Waals surface area contributed by atoms with Crippen molar-refractivity contribution >= 4 is 23.3 Å². The molecule has 2 aromatic rings. The molecule has 9 heteroatoms. The maximum absolute atomic E-state index is 13.5. The molecule has 0 saturated carbocycles. The van der Waals surface area contributed by atoms with Gasteiger partial charge in [0.25, 0.3) is 5.91 Å². The Morgan fingerprint density at radius 3 is 2.54 bits per heavy atom. The Hall–Kier alpha value is -3.49. The van der Waals surface area contributed by atoms with Gasteiger partial charge in [-0.1, -0.05) is 24.3 Å². The molecule has 0 aliphatic carbocycles. The summed E-state index contributed by atoms with van der Waals surface area (Å²) in [5.41, 5.74) is -0.345. The molecule has 26 heavy (non-hydrogen) atoms. The number of amides is 1. The summed E-state index contributed by atoms with van der Waals surface area (Å²) in [6, 6.07) is 11.1. The number of halogens is 1. The van der Waals surface area contributed by atoms with Crippen LogP contribution in [0.3, 0.4) is 0 Å². The highest BCUT2D eigenvalue weighted by atomic mass is 19.1. The van der Waals surface area contributed by atoms with E-state index in [0.717, 1.165) is 0 Å². The van der Waals surface area contributed by atoms with E-state index in [1.165, 1.54) is 55.5 Å². The minimum absolute atomic E-state index is 0.0449. The number of carbonyl (C=O) groups excluding carboxylic acids is 2. The van der Waals surface area contributed by atoms with E-state index in [-0.39, 0.29) is 17.1 Å². The lowest BCUT2D eigenvalue weighted by molar-refractivity contribution is -0.385. The summed E-state index contributed by atoms with van der Waals surface area (Å²) >= 11 is 0. The molecule has 0 heterocycles. The lowest BCUT2D eigenvalue weighted by atomic mass is 10.3. The quantitative estimate of drug-likeness (QED) is 0.461. The molecule has 0 unspecified atom stereocenters. The first-order valence-electron chi connectivity index (χ1n) is 7.49. The molecule has 0 spiro atoms. The number of esters is 1. The molecule has 136 valence electrons. The summed E-state index contributed by atoms with van der Waals surface area (Å²) in [4.78, 5) is 33.9. The van der Waals surface area contributed by atoms with Crippen molar-refractivity contribution < 1.29 is 28.4 Å². The molecule has 0 fully saturated rings. The van der Waals surface area contributed by atoms with Crippen molar-refractivity contribution in [2.24, 2.45) is 0 Å². The Kier molecular flexibility index (Phi) is 6.20. The molecule has 8 nitrogen and oxygen atoms in total. The van der Waals surface area contributed by atoms with Gasteiger partial charge in [0, 0.05) is 6.07 Å². The maximum atomic E-state index is 13.5. The van der Waals surface area contributed by atoms with E-state index in [9.17, 15) is 24.1 Å². The van der Waals surface area contributed by atoms with E-state index in [4.69, 9.17) is 9.47 Å². The first-order valence-corrected chi connectivity index (χ1v) is 7.49. The standard InChI is InChI=1S/C17H15FN2O6/c1-11(17(22)19-13-7-3-2-6-12(13)18)26-16(21)10-25-15-9-5-4-8-14(15)20(23)24/h2-9,11H,10H2,1H3,(H,19,22)/t11-/m1/s1. The number of nitrogens with zero attached hydrogens (tertiary/aromatic N) is 1. The Morgan fingerprint density at radius 1 is 1.19 bits per heavy atom. The topological polar surface area (TPSA) is 108 Å². The molecule has 0 bridgehead atoms. The van der Waals surface area contributed by atoms with Crippen LogP contribution in [0.1, 0.15) is 6.92 Å². The fourth-order valence-electron chi connectivity index (χ4n) is 1.95. The third kappa shape index (κ3) is 5.00. The molecule has 1 atom stereocenters. The molecule has 0 radical (unpaired) electrons. The number of anilines is 1. The van der Waals surface area contributed by atoms with Crippen LogP contribution in [0.5, 0.6) is 5.75 Å². The van der Waals surface area contributed by atoms with Gasteiger partial charge in [-0.25, -0.2) is 9.18 Å². The average molecular weight is 362 g/mol. The Labute approximate surface area is 147 Å². The number of nitro groups is 1. The minimum atomic E-state index is -1.21. The van der Waals surface area contributed by atoms with Gasteiger partial charge in [-0.05, 0) is 25.1 Å². The van der Waals surface area contributed by atoms with E-state index in [1.807, 2.05) is 0 Å². The second-order valence-corrected chi connectivity index (χ2v) is 5.11. The zero-order valence-electron chi connectivity index (χ0n) is 13.7. The van der Waals surface area contributed by atoms with Gasteiger partial charge in [0.05, 0.1) is 10.6 Å². The Bertz CT molecular complexity index is 826. The second kappa shape index (κ2) is 8.56. The van der Waals surface area contributed by atoms with Crippen molar-refractivity contribution in [3.8, 4) is 5.75 Å². The molecular weight excluding hydrogens is 347 g/mol. The van der Waals surface area contributed by atoms with Crippen molar-refractivity contribution in [1.82, 2.24) is 0 Å². The van der Waals surface area contributed by atoms with Gasteiger partial charge >= 0.3 is 11.7 Å². The SMILES string of the molecule is C[C@@H](OC(=O)COc1ccccc1[N+](=O)[O-])C(=O)Nc1ccccc1F. The van der Waals surface area contributed by atoms with Gasteiger partial charge in [0.1, 0.15) is 5.82 Å². The average Bonchev–Trinajstić information content (AvgIpc) is 2.62. The van der Waals surface area contributed by atoms with Crippen LogP contribution < -0.4 is 10.1 Å². The van der Waals surface area contributed by atoms with Crippen LogP contribution in [-0.2, 0) is 14.3 Å². The summed E-state index contributed by atoms with van der Waals surface area (Å²) in [7, 11) is 0. The summed E-state index contributed by atoms with van der Waals surface area (Å²) in [6.45, 7) is 0.682. The first kappa shape index (κ1) is 18.8. The summed E-state index contributed by atoms with van der Waals surface area (Å²) in [5, 5.41) is 13.2. The molecule has 0 aromatic heterocycles. The van der Waals surface area contributed by atoms with Crippen LogP contribution in [0.4, 0.5) is 15.8 Å². The maximum Gasteiger partial charge on any atom is 0.344 e. The third-order valence-corrected chi connectivity index (χ3v) is 3.22. The molecule has 2 rings (SSSR count). The monoisotopic (exact) mass is 362 g/mol. The number of nitro benzene ring substituents is 1. The van der Waals surface area contributed by atoms with Crippen LogP contribution in [0.25, 0.3) is 0 Å². The number of benzene rings is 2. The molecule has 0 aliphatic heterocycles. The highest BCUT2D eigenvalue weighted by Crippen LogP contribution is 2.25. The van der Waals surface area contributed by atoms with Crippen molar-refractivity contribution in [1.29, 1.82) is 0 Å². The molecule has 0 saturated heterocycles. The summed E-state index contributed by atoms with van der Waals surface area (Å²) in [6.07, 6.45) is -1.21. The number of hydrogen-bond donors (Lipinski definition) is 1. The Morgan fingerprint density at radius 2 is 1.85 bits per heavy atom. The van der Waals surface area contributed by atoms with Gasteiger partial charge in [-0.15, -0.1) is 0 Å². The highest BCUT2D eigenvalue weighted by Gasteiger charge is 2.20. The van der Waals surface area contributed by atoms with Gasteiger partial charge < -0.3 is 14.8 Å². The molecule has 1 N–H and O–H groups in total. The van der Waals surface area contributed by atoms with Crippen molar-refractivity contribution in [2.45, 2.75) is 13.0 Å². The normalized spacial score (nSPS) is 11.3. The number of nitrogens with one attached hydrogen (secondary N) is 1. The number of hydrogen-bond acceptors (Lipinski definition) is 6. The van der Waals surface area contributed by atoms with Crippen LogP contribution in [-0.4, -0.2) is 29.5 Å². The van der Waals surface area contributed by atoms with E-state index in [2.05, 4.69) is 5.32 Å². The lowest BCUT2D eigenvalue weighted by Gasteiger charge is -2.14. The first-order chi connectivity index (χ1) is 12.4. The van der Waals surface area contributed by atoms with Crippen LogP contribution in [0.15, 0.2) is 48.5 Å². The smallest absolute Gasteiger partial charge is 0.344 e. The van der Waals surface area contributed by atoms with Gasteiger partial charge in [-0.2, -0.15) is 0 Å². The third-order valence-electron chi connectivity index (χ3n) is 3.22. The van der Waals surface area contributed by atoms with Gasteiger partial charge in [0.2, 0.25) is 0 Å². The predicted octanol–water partition coefficient (Wildman–Crippen LogP) is 2.68. The van der Waals surface area contributed by atoms with E-state index in [1.54, 1.807) is 0 Å². The van der Waals surface area contributed by atoms with Crippen molar-refractivity contribution in [3.05, 3.63) is 64.5 Å². The number of ether oxygens (including phenoxy) is 2. The van der Waals surface area contributed by atoms with E-state index >= 15 is 0 Å². The number of rotatable bonds is 7. The summed E-state index contributed by atoms with van der Waals surface area (Å²) in [5.74, 6) is -2.36. The largest absolute Gasteiger partial charge is 0.475 e. The second-order valence-electron chi connectivity index (χ2n) is 5.11. The molecule has 0 aliphatic rings. The van der Waals surface area contributed by atoms with Gasteiger partial charge in [0.15, 0.2) is 18.5 Å². The van der Waals surface area contributed by atoms with Gasteiger partial charge in [-0.3, -0.25) is 14.9 Å². The Balaban J connectivity index is 1.88. The number of carbonyl (C=O) groups is 2. The molecule has 1 amide bonds. The zero-order chi connectivity index (χ0) is 19.1. The van der Waals surface area contributed by atoms with E-state index < -0.39 is 35.3 Å². The fraction of sp³-hybridized carbons (Fsp3) is 0.176. The van der Waals surface area contributed by atoms with Crippen LogP contribution >= 0.6 is 0 Å². The van der Waals surface area contributed by atoms with Crippen molar-refractivity contribution in [2.75, 3.05) is 11.9 Å². The fourth-order valence-corrected chi connectivity index (χ4v) is 1.95. The van der Waals surface area contributed by atoms with E-state index in [0.29, 0.717) is 0 Å². The van der Waals surface area contributed by atoms with Crippen molar-refractivity contribution in [3.63, 3.8) is 0 Å². The van der Waals surface area contributed by atoms with Crippen LogP contribution in [0.2, 0.25) is 0 Å². The lowest BCUT2D eigenvalue weighted by Crippen LogP contribution is -2.32. The molecular formula is C17H15FN2O6. The number of para-hydroxylation sites is 3. The van der Waals surface area contributed by atoms with Crippen LogP contribution in [0, 0.1) is 15.9 Å². The molecule has 2 aromatic carbocycles.